The summed E-state index contributed by atoms with van der Waals surface area (Å²) in [7, 11) is 0. The molecule has 1 saturated carbocycles. The van der Waals surface area contributed by atoms with Crippen LogP contribution in [0.2, 0.25) is 5.02 Å². The fourth-order valence-corrected chi connectivity index (χ4v) is 1.80. The molecule has 0 aromatic carbocycles. The second kappa shape index (κ2) is 4.69. The Kier molecular flexibility index (Phi) is 3.28. The van der Waals surface area contributed by atoms with Crippen LogP contribution in [0.1, 0.15) is 18.5 Å². The van der Waals surface area contributed by atoms with E-state index in [1.807, 2.05) is 11.0 Å². The molecule has 1 aliphatic carbocycles. The number of rotatable bonds is 4. The van der Waals surface area contributed by atoms with Crippen LogP contribution in [0.5, 0.6) is 0 Å². The highest BCUT2D eigenvalue weighted by atomic mass is 35.5. The molecule has 16 heavy (non-hydrogen) atoms. The Bertz CT molecular complexity index is 426. The molecule has 0 saturated heterocycles. The maximum Gasteiger partial charge on any atom is 0.161 e. The lowest BCUT2D eigenvalue weighted by Gasteiger charge is -2.22. The molecule has 5 heteroatoms. The lowest BCUT2D eigenvalue weighted by atomic mass is 10.3. The highest BCUT2D eigenvalue weighted by molar-refractivity contribution is 6.31. The number of anilines is 1. The van der Waals surface area contributed by atoms with E-state index < -0.39 is 0 Å². The first-order valence-corrected chi connectivity index (χ1v) is 5.58. The quantitative estimate of drug-likeness (QED) is 0.864. The van der Waals surface area contributed by atoms with Crippen molar-refractivity contribution < 1.29 is 5.11 Å². The highest BCUT2D eigenvalue weighted by Crippen LogP contribution is 2.31. The normalized spacial score (nSPS) is 14.6. The summed E-state index contributed by atoms with van der Waals surface area (Å²) in [5.41, 5.74) is 0.239. The molecule has 2 rings (SSSR count). The van der Waals surface area contributed by atoms with Crippen molar-refractivity contribution in [2.75, 3.05) is 18.1 Å². The Balaban J connectivity index is 2.27. The van der Waals surface area contributed by atoms with Gasteiger partial charge >= 0.3 is 0 Å². The summed E-state index contributed by atoms with van der Waals surface area (Å²) in [5, 5.41) is 18.2. The van der Waals surface area contributed by atoms with Gasteiger partial charge in [0.05, 0.1) is 11.6 Å². The molecule has 0 aliphatic heterocycles. The molecular formula is C11H12ClN3O. The van der Waals surface area contributed by atoms with Gasteiger partial charge in [0.15, 0.2) is 5.69 Å². The Morgan fingerprint density at radius 3 is 2.88 bits per heavy atom. The standard InChI is InChI=1S/C11H12ClN3O/c12-9-3-4-11(14-10(9)7-13)15(5-6-16)8-1-2-8/h3-4,8,16H,1-2,5-6H2. The van der Waals surface area contributed by atoms with Gasteiger partial charge in [-0.05, 0) is 25.0 Å². The third-order valence-corrected chi connectivity index (χ3v) is 2.87. The van der Waals surface area contributed by atoms with Gasteiger partial charge in [-0.25, -0.2) is 4.98 Å². The first kappa shape index (κ1) is 11.2. The predicted molar refractivity (Wildman–Crippen MR) is 61.4 cm³/mol. The van der Waals surface area contributed by atoms with Crippen LogP contribution in [0.15, 0.2) is 12.1 Å². The maximum absolute atomic E-state index is 9.00. The smallest absolute Gasteiger partial charge is 0.161 e. The fraction of sp³-hybridized carbons (Fsp3) is 0.455. The van der Waals surface area contributed by atoms with Crippen molar-refractivity contribution >= 4 is 17.4 Å². The van der Waals surface area contributed by atoms with Crippen molar-refractivity contribution in [3.63, 3.8) is 0 Å². The number of halogens is 1. The van der Waals surface area contributed by atoms with E-state index in [2.05, 4.69) is 4.98 Å². The first-order chi connectivity index (χ1) is 7.76. The van der Waals surface area contributed by atoms with Crippen molar-refractivity contribution in [1.82, 2.24) is 4.98 Å². The van der Waals surface area contributed by atoms with Gasteiger partial charge in [0.2, 0.25) is 0 Å². The molecule has 0 spiro atoms. The Hall–Kier alpha value is -1.31. The van der Waals surface area contributed by atoms with E-state index in [-0.39, 0.29) is 12.3 Å². The van der Waals surface area contributed by atoms with Crippen LogP contribution in [0.4, 0.5) is 5.82 Å². The number of nitrogens with zero attached hydrogens (tertiary/aromatic N) is 3. The molecule has 1 N–H and O–H groups in total. The summed E-state index contributed by atoms with van der Waals surface area (Å²) in [6, 6.07) is 5.88. The summed E-state index contributed by atoms with van der Waals surface area (Å²) in [6.07, 6.45) is 2.23. The molecule has 1 heterocycles. The summed E-state index contributed by atoms with van der Waals surface area (Å²) < 4.78 is 0. The van der Waals surface area contributed by atoms with Gasteiger partial charge in [0, 0.05) is 12.6 Å². The van der Waals surface area contributed by atoms with E-state index in [1.165, 1.54) is 0 Å². The number of aliphatic hydroxyl groups is 1. The average Bonchev–Trinajstić information content (AvgIpc) is 3.11. The number of aromatic nitrogens is 1. The van der Waals surface area contributed by atoms with Crippen LogP contribution in [-0.2, 0) is 0 Å². The zero-order valence-corrected chi connectivity index (χ0v) is 9.48. The van der Waals surface area contributed by atoms with E-state index in [0.29, 0.717) is 17.6 Å². The van der Waals surface area contributed by atoms with Gasteiger partial charge in [0.1, 0.15) is 11.9 Å². The summed E-state index contributed by atoms with van der Waals surface area (Å²) in [5.74, 6) is 0.720. The molecular weight excluding hydrogens is 226 g/mol. The van der Waals surface area contributed by atoms with Crippen LogP contribution in [-0.4, -0.2) is 29.3 Å². The molecule has 0 radical (unpaired) electrons. The summed E-state index contributed by atoms with van der Waals surface area (Å²) >= 11 is 5.82. The molecule has 1 fully saturated rings. The lowest BCUT2D eigenvalue weighted by Crippen LogP contribution is -2.29. The van der Waals surface area contributed by atoms with Crippen LogP contribution in [0.25, 0.3) is 0 Å². The zero-order chi connectivity index (χ0) is 11.5. The summed E-state index contributed by atoms with van der Waals surface area (Å²) in [6.45, 7) is 0.632. The van der Waals surface area contributed by atoms with Crippen molar-refractivity contribution in [2.45, 2.75) is 18.9 Å². The summed E-state index contributed by atoms with van der Waals surface area (Å²) in [4.78, 5) is 6.22. The van der Waals surface area contributed by atoms with E-state index >= 15 is 0 Å². The third kappa shape index (κ3) is 2.26. The van der Waals surface area contributed by atoms with E-state index in [0.717, 1.165) is 18.7 Å². The predicted octanol–water partition coefficient (Wildman–Crippen LogP) is 1.57. The lowest BCUT2D eigenvalue weighted by molar-refractivity contribution is 0.301. The van der Waals surface area contributed by atoms with Crippen LogP contribution in [0.3, 0.4) is 0 Å². The van der Waals surface area contributed by atoms with Gasteiger partial charge < -0.3 is 10.0 Å². The van der Waals surface area contributed by atoms with Crippen molar-refractivity contribution in [3.05, 3.63) is 22.8 Å². The average molecular weight is 238 g/mol. The molecule has 0 amide bonds. The maximum atomic E-state index is 9.00. The number of aliphatic hydroxyl groups excluding tert-OH is 1. The van der Waals surface area contributed by atoms with Crippen molar-refractivity contribution in [1.29, 1.82) is 5.26 Å². The fourth-order valence-electron chi connectivity index (χ4n) is 1.65. The minimum absolute atomic E-state index is 0.0860. The first-order valence-electron chi connectivity index (χ1n) is 5.20. The molecule has 0 atom stereocenters. The highest BCUT2D eigenvalue weighted by Gasteiger charge is 2.29. The number of pyridine rings is 1. The molecule has 84 valence electrons. The number of nitriles is 1. The van der Waals surface area contributed by atoms with Crippen LogP contribution in [0, 0.1) is 11.3 Å². The van der Waals surface area contributed by atoms with Crippen molar-refractivity contribution in [3.8, 4) is 6.07 Å². The Labute approximate surface area is 99.1 Å². The molecule has 0 unspecified atom stereocenters. The van der Waals surface area contributed by atoms with E-state index in [9.17, 15) is 0 Å². The topological polar surface area (TPSA) is 60.2 Å². The third-order valence-electron chi connectivity index (χ3n) is 2.56. The Morgan fingerprint density at radius 2 is 2.31 bits per heavy atom. The zero-order valence-electron chi connectivity index (χ0n) is 8.73. The monoisotopic (exact) mass is 237 g/mol. The van der Waals surface area contributed by atoms with E-state index in [4.69, 9.17) is 22.0 Å². The van der Waals surface area contributed by atoms with Gasteiger partial charge in [-0.3, -0.25) is 0 Å². The van der Waals surface area contributed by atoms with Crippen molar-refractivity contribution in [2.24, 2.45) is 0 Å². The second-order valence-electron chi connectivity index (χ2n) is 3.76. The molecule has 1 aromatic heterocycles. The molecule has 1 aliphatic rings. The van der Waals surface area contributed by atoms with Gasteiger partial charge in [-0.1, -0.05) is 11.6 Å². The SMILES string of the molecule is N#Cc1nc(N(CCO)C2CC2)ccc1Cl. The minimum Gasteiger partial charge on any atom is -0.395 e. The number of hydrogen-bond acceptors (Lipinski definition) is 4. The second-order valence-corrected chi connectivity index (χ2v) is 4.17. The van der Waals surface area contributed by atoms with Crippen LogP contribution >= 0.6 is 11.6 Å². The van der Waals surface area contributed by atoms with E-state index in [1.54, 1.807) is 12.1 Å². The van der Waals surface area contributed by atoms with Gasteiger partial charge in [-0.15, -0.1) is 0 Å². The van der Waals surface area contributed by atoms with Crippen LogP contribution < -0.4 is 4.90 Å². The largest absolute Gasteiger partial charge is 0.395 e. The van der Waals surface area contributed by atoms with Gasteiger partial charge in [-0.2, -0.15) is 5.26 Å². The van der Waals surface area contributed by atoms with Gasteiger partial charge in [0.25, 0.3) is 0 Å². The number of hydrogen-bond donors (Lipinski definition) is 1. The molecule has 0 bridgehead atoms. The molecule has 4 nitrogen and oxygen atoms in total. The molecule has 1 aromatic rings. The Morgan fingerprint density at radius 1 is 1.56 bits per heavy atom. The minimum atomic E-state index is 0.0860.